The van der Waals surface area contributed by atoms with Gasteiger partial charge in [-0.1, -0.05) is 13.8 Å². The van der Waals surface area contributed by atoms with Crippen LogP contribution in [0.2, 0.25) is 0 Å². The lowest BCUT2D eigenvalue weighted by molar-refractivity contribution is 0.465. The first-order valence-corrected chi connectivity index (χ1v) is 4.86. The van der Waals surface area contributed by atoms with Crippen LogP contribution in [0, 0.1) is 17.6 Å². The number of halogens is 3. The Kier molecular flexibility index (Phi) is 3.94. The SMILES string of the molecule is CCC(CC)Nc1nc(F)c(F)cc1F. The minimum atomic E-state index is -1.29. The van der Waals surface area contributed by atoms with Gasteiger partial charge in [0.1, 0.15) is 0 Å². The van der Waals surface area contributed by atoms with Gasteiger partial charge in [-0.3, -0.25) is 0 Å². The molecule has 1 aromatic rings. The lowest BCUT2D eigenvalue weighted by Crippen LogP contribution is -2.19. The molecule has 0 aliphatic heterocycles. The summed E-state index contributed by atoms with van der Waals surface area (Å²) in [5.41, 5.74) is 0. The Morgan fingerprint density at radius 2 is 1.80 bits per heavy atom. The zero-order valence-electron chi connectivity index (χ0n) is 8.65. The molecular weight excluding hydrogens is 205 g/mol. The fraction of sp³-hybridized carbons (Fsp3) is 0.500. The Morgan fingerprint density at radius 3 is 2.33 bits per heavy atom. The van der Waals surface area contributed by atoms with Crippen LogP contribution in [0.1, 0.15) is 26.7 Å². The number of aromatic nitrogens is 1. The number of pyridine rings is 1. The monoisotopic (exact) mass is 218 g/mol. The van der Waals surface area contributed by atoms with Crippen LogP contribution in [0.3, 0.4) is 0 Å². The van der Waals surface area contributed by atoms with E-state index in [2.05, 4.69) is 10.3 Å². The smallest absolute Gasteiger partial charge is 0.251 e. The maximum absolute atomic E-state index is 13.1. The molecule has 1 N–H and O–H groups in total. The van der Waals surface area contributed by atoms with Crippen molar-refractivity contribution in [3.63, 3.8) is 0 Å². The highest BCUT2D eigenvalue weighted by Gasteiger charge is 2.13. The van der Waals surface area contributed by atoms with Crippen molar-refractivity contribution in [2.75, 3.05) is 5.32 Å². The highest BCUT2D eigenvalue weighted by molar-refractivity contribution is 5.37. The molecule has 0 bridgehead atoms. The van der Waals surface area contributed by atoms with Crippen molar-refractivity contribution in [1.82, 2.24) is 4.98 Å². The third-order valence-corrected chi connectivity index (χ3v) is 2.21. The van der Waals surface area contributed by atoms with Crippen LogP contribution in [0.25, 0.3) is 0 Å². The molecule has 84 valence electrons. The Hall–Kier alpha value is -1.26. The molecule has 0 aliphatic rings. The Balaban J connectivity index is 2.89. The van der Waals surface area contributed by atoms with Gasteiger partial charge in [0.05, 0.1) is 0 Å². The van der Waals surface area contributed by atoms with E-state index in [-0.39, 0.29) is 11.9 Å². The molecule has 0 saturated carbocycles. The van der Waals surface area contributed by atoms with Crippen molar-refractivity contribution in [3.05, 3.63) is 23.6 Å². The van der Waals surface area contributed by atoms with Crippen LogP contribution in [0.4, 0.5) is 19.0 Å². The van der Waals surface area contributed by atoms with Crippen LogP contribution in [-0.4, -0.2) is 11.0 Å². The van der Waals surface area contributed by atoms with Gasteiger partial charge in [0.25, 0.3) is 5.95 Å². The first-order valence-electron chi connectivity index (χ1n) is 4.86. The minimum absolute atomic E-state index is 0.0110. The molecule has 1 rings (SSSR count). The standard InChI is InChI=1S/C10H13F3N2/c1-3-6(4-2)14-10-8(12)5-7(11)9(13)15-10/h5-6H,3-4H2,1-2H3,(H,14,15). The van der Waals surface area contributed by atoms with Crippen LogP contribution in [0.15, 0.2) is 6.07 Å². The molecule has 0 fully saturated rings. The molecule has 0 aliphatic carbocycles. The molecule has 5 heteroatoms. The summed E-state index contributed by atoms with van der Waals surface area (Å²) in [6.45, 7) is 3.83. The maximum Gasteiger partial charge on any atom is 0.251 e. The fourth-order valence-electron chi connectivity index (χ4n) is 1.23. The molecule has 0 saturated heterocycles. The van der Waals surface area contributed by atoms with Gasteiger partial charge in [-0.2, -0.15) is 9.37 Å². The van der Waals surface area contributed by atoms with Gasteiger partial charge in [-0.25, -0.2) is 8.78 Å². The summed E-state index contributed by atoms with van der Waals surface area (Å²) in [6, 6.07) is 0.504. The number of rotatable bonds is 4. The van der Waals surface area contributed by atoms with Gasteiger partial charge in [-0.05, 0) is 12.8 Å². The fourth-order valence-corrected chi connectivity index (χ4v) is 1.23. The van der Waals surface area contributed by atoms with Crippen molar-refractivity contribution < 1.29 is 13.2 Å². The highest BCUT2D eigenvalue weighted by atomic mass is 19.2. The third-order valence-electron chi connectivity index (χ3n) is 2.21. The molecule has 0 amide bonds. The van der Waals surface area contributed by atoms with Crippen molar-refractivity contribution in [2.45, 2.75) is 32.7 Å². The molecule has 15 heavy (non-hydrogen) atoms. The van der Waals surface area contributed by atoms with Crippen molar-refractivity contribution >= 4 is 5.82 Å². The second-order valence-electron chi connectivity index (χ2n) is 3.25. The highest BCUT2D eigenvalue weighted by Crippen LogP contribution is 2.16. The maximum atomic E-state index is 13.1. The summed E-state index contributed by atoms with van der Waals surface area (Å²) in [4.78, 5) is 3.18. The Bertz CT molecular complexity index is 338. The number of hydrogen-bond acceptors (Lipinski definition) is 2. The number of nitrogens with one attached hydrogen (secondary N) is 1. The molecule has 0 unspecified atom stereocenters. The average Bonchev–Trinajstić information content (AvgIpc) is 2.21. The third kappa shape index (κ3) is 2.84. The van der Waals surface area contributed by atoms with E-state index in [0.29, 0.717) is 6.07 Å². The normalized spacial score (nSPS) is 10.8. The molecule has 2 nitrogen and oxygen atoms in total. The summed E-state index contributed by atoms with van der Waals surface area (Å²) in [7, 11) is 0. The number of nitrogens with zero attached hydrogens (tertiary/aromatic N) is 1. The van der Waals surface area contributed by atoms with E-state index in [0.717, 1.165) is 12.8 Å². The zero-order valence-corrected chi connectivity index (χ0v) is 8.65. The lowest BCUT2D eigenvalue weighted by Gasteiger charge is -2.15. The van der Waals surface area contributed by atoms with E-state index < -0.39 is 17.6 Å². The van der Waals surface area contributed by atoms with Crippen LogP contribution < -0.4 is 5.32 Å². The predicted octanol–water partition coefficient (Wildman–Crippen LogP) is 3.10. The van der Waals surface area contributed by atoms with E-state index in [9.17, 15) is 13.2 Å². The zero-order chi connectivity index (χ0) is 11.4. The van der Waals surface area contributed by atoms with Crippen LogP contribution >= 0.6 is 0 Å². The van der Waals surface area contributed by atoms with E-state index in [1.807, 2.05) is 13.8 Å². The summed E-state index contributed by atoms with van der Waals surface area (Å²) in [5.74, 6) is -3.67. The van der Waals surface area contributed by atoms with Gasteiger partial charge in [0.2, 0.25) is 0 Å². The first kappa shape index (κ1) is 11.8. The first-order chi connectivity index (χ1) is 7.08. The van der Waals surface area contributed by atoms with Gasteiger partial charge in [0, 0.05) is 12.1 Å². The molecule has 1 aromatic heterocycles. The summed E-state index contributed by atoms with van der Waals surface area (Å²) >= 11 is 0. The van der Waals surface area contributed by atoms with Crippen LogP contribution in [0.5, 0.6) is 0 Å². The Labute approximate surface area is 86.5 Å². The van der Waals surface area contributed by atoms with E-state index in [4.69, 9.17) is 0 Å². The Morgan fingerprint density at radius 1 is 1.20 bits per heavy atom. The average molecular weight is 218 g/mol. The van der Waals surface area contributed by atoms with Gasteiger partial charge in [0.15, 0.2) is 17.5 Å². The van der Waals surface area contributed by atoms with E-state index in [1.54, 1.807) is 0 Å². The second kappa shape index (κ2) is 5.00. The van der Waals surface area contributed by atoms with Gasteiger partial charge in [-0.15, -0.1) is 0 Å². The number of anilines is 1. The summed E-state index contributed by atoms with van der Waals surface area (Å²) < 4.78 is 38.4. The number of hydrogen-bond donors (Lipinski definition) is 1. The molecule has 0 atom stereocenters. The molecule has 1 heterocycles. The molecular formula is C10H13F3N2. The predicted molar refractivity (Wildman–Crippen MR) is 52.1 cm³/mol. The van der Waals surface area contributed by atoms with Gasteiger partial charge >= 0.3 is 0 Å². The molecule has 0 aromatic carbocycles. The van der Waals surface area contributed by atoms with Crippen LogP contribution in [-0.2, 0) is 0 Å². The molecule has 0 spiro atoms. The van der Waals surface area contributed by atoms with Gasteiger partial charge < -0.3 is 5.32 Å². The van der Waals surface area contributed by atoms with E-state index in [1.165, 1.54) is 0 Å². The summed E-state index contributed by atoms with van der Waals surface area (Å²) in [5, 5.41) is 2.72. The second-order valence-corrected chi connectivity index (χ2v) is 3.25. The topological polar surface area (TPSA) is 24.9 Å². The van der Waals surface area contributed by atoms with Crippen molar-refractivity contribution in [3.8, 4) is 0 Å². The van der Waals surface area contributed by atoms with Crippen molar-refractivity contribution in [1.29, 1.82) is 0 Å². The minimum Gasteiger partial charge on any atom is -0.365 e. The largest absolute Gasteiger partial charge is 0.365 e. The lowest BCUT2D eigenvalue weighted by atomic mass is 10.2. The van der Waals surface area contributed by atoms with Crippen molar-refractivity contribution in [2.24, 2.45) is 0 Å². The summed E-state index contributed by atoms with van der Waals surface area (Å²) in [6.07, 6.45) is 1.52. The van der Waals surface area contributed by atoms with E-state index >= 15 is 0 Å². The molecule has 0 radical (unpaired) electrons. The quantitative estimate of drug-likeness (QED) is 0.785.